The lowest BCUT2D eigenvalue weighted by atomic mass is 10.2. The van der Waals surface area contributed by atoms with Crippen LogP contribution in [0.2, 0.25) is 0 Å². The fourth-order valence-electron chi connectivity index (χ4n) is 1.44. The molecule has 0 bridgehead atoms. The maximum atomic E-state index is 5.79. The Bertz CT molecular complexity index is 331. The minimum absolute atomic E-state index is 0.427. The van der Waals surface area contributed by atoms with Gasteiger partial charge in [0.15, 0.2) is 0 Å². The number of nitrogen functional groups attached to an aromatic ring is 1. The van der Waals surface area contributed by atoms with Gasteiger partial charge in [-0.15, -0.1) is 0 Å². The molecular weight excluding hydrogens is 220 g/mol. The number of rotatable bonds is 6. The maximum absolute atomic E-state index is 5.79. The van der Waals surface area contributed by atoms with Crippen molar-refractivity contribution in [2.75, 3.05) is 29.7 Å². The average Bonchev–Trinajstić information content (AvgIpc) is 2.25. The second-order valence-electron chi connectivity index (χ2n) is 3.70. The lowest BCUT2D eigenvalue weighted by Gasteiger charge is -2.15. The molecule has 4 heteroatoms. The van der Waals surface area contributed by atoms with Gasteiger partial charge in [-0.2, -0.15) is 11.8 Å². The smallest absolute Gasteiger partial charge is 0.122 e. The molecule has 0 fully saturated rings. The van der Waals surface area contributed by atoms with Gasteiger partial charge in [0.05, 0.1) is 7.11 Å². The van der Waals surface area contributed by atoms with E-state index in [1.54, 1.807) is 7.11 Å². The van der Waals surface area contributed by atoms with Gasteiger partial charge in [-0.3, -0.25) is 0 Å². The summed E-state index contributed by atoms with van der Waals surface area (Å²) in [4.78, 5) is 0. The lowest BCUT2D eigenvalue weighted by molar-refractivity contribution is 0.415. The molecule has 3 nitrogen and oxygen atoms in total. The van der Waals surface area contributed by atoms with Crippen molar-refractivity contribution >= 4 is 23.1 Å². The van der Waals surface area contributed by atoms with Crippen molar-refractivity contribution in [3.05, 3.63) is 18.2 Å². The van der Waals surface area contributed by atoms with Crippen LogP contribution in [0.25, 0.3) is 0 Å². The summed E-state index contributed by atoms with van der Waals surface area (Å²) in [5.41, 5.74) is 7.52. The molecule has 0 heterocycles. The van der Waals surface area contributed by atoms with E-state index in [1.807, 2.05) is 30.0 Å². The van der Waals surface area contributed by atoms with Gasteiger partial charge in [-0.1, -0.05) is 6.92 Å². The summed E-state index contributed by atoms with van der Waals surface area (Å²) < 4.78 is 5.17. The highest BCUT2D eigenvalue weighted by Crippen LogP contribution is 2.23. The number of hydrogen-bond donors (Lipinski definition) is 2. The Balaban J connectivity index is 2.61. The predicted molar refractivity (Wildman–Crippen MR) is 73.5 cm³/mol. The van der Waals surface area contributed by atoms with E-state index in [0.29, 0.717) is 6.04 Å². The van der Waals surface area contributed by atoms with Gasteiger partial charge in [0.25, 0.3) is 0 Å². The van der Waals surface area contributed by atoms with Gasteiger partial charge in [0.1, 0.15) is 5.75 Å². The minimum Gasteiger partial charge on any atom is -0.497 e. The summed E-state index contributed by atoms with van der Waals surface area (Å²) in [7, 11) is 1.65. The SMILES string of the molecule is CCSCC(C)Nc1cc(N)cc(OC)c1. The molecule has 0 amide bonds. The number of nitrogens with one attached hydrogen (secondary N) is 1. The van der Waals surface area contributed by atoms with Crippen LogP contribution in [0.4, 0.5) is 11.4 Å². The number of methoxy groups -OCH3 is 1. The van der Waals surface area contributed by atoms with Crippen molar-refractivity contribution < 1.29 is 4.74 Å². The van der Waals surface area contributed by atoms with E-state index in [0.717, 1.165) is 28.6 Å². The van der Waals surface area contributed by atoms with E-state index in [2.05, 4.69) is 19.2 Å². The van der Waals surface area contributed by atoms with Gasteiger partial charge in [0.2, 0.25) is 0 Å². The topological polar surface area (TPSA) is 47.3 Å². The number of hydrogen-bond acceptors (Lipinski definition) is 4. The largest absolute Gasteiger partial charge is 0.497 e. The molecule has 0 aliphatic rings. The molecule has 16 heavy (non-hydrogen) atoms. The van der Waals surface area contributed by atoms with E-state index in [9.17, 15) is 0 Å². The Labute approximate surface area is 102 Å². The Morgan fingerprint density at radius 3 is 2.81 bits per heavy atom. The van der Waals surface area contributed by atoms with Gasteiger partial charge in [-0.25, -0.2) is 0 Å². The van der Waals surface area contributed by atoms with Gasteiger partial charge < -0.3 is 15.8 Å². The van der Waals surface area contributed by atoms with E-state index >= 15 is 0 Å². The fraction of sp³-hybridized carbons (Fsp3) is 0.500. The first-order chi connectivity index (χ1) is 7.65. The first kappa shape index (κ1) is 13.0. The van der Waals surface area contributed by atoms with Crippen LogP contribution in [0.5, 0.6) is 5.75 Å². The van der Waals surface area contributed by atoms with Gasteiger partial charge in [0, 0.05) is 35.3 Å². The molecule has 1 aromatic carbocycles. The zero-order valence-corrected chi connectivity index (χ0v) is 10.9. The second-order valence-corrected chi connectivity index (χ2v) is 5.02. The van der Waals surface area contributed by atoms with Crippen molar-refractivity contribution in [3.8, 4) is 5.75 Å². The zero-order chi connectivity index (χ0) is 12.0. The Kier molecular flexibility index (Phi) is 5.32. The van der Waals surface area contributed by atoms with Crippen molar-refractivity contribution in [1.82, 2.24) is 0 Å². The van der Waals surface area contributed by atoms with Crippen LogP contribution < -0.4 is 15.8 Å². The zero-order valence-electron chi connectivity index (χ0n) is 10.1. The molecule has 0 spiro atoms. The quantitative estimate of drug-likeness (QED) is 0.751. The van der Waals surface area contributed by atoms with Crippen molar-refractivity contribution in [1.29, 1.82) is 0 Å². The molecule has 1 unspecified atom stereocenters. The maximum Gasteiger partial charge on any atom is 0.122 e. The highest BCUT2D eigenvalue weighted by atomic mass is 32.2. The molecular formula is C12H20N2OS. The van der Waals surface area contributed by atoms with Crippen molar-refractivity contribution in [2.24, 2.45) is 0 Å². The molecule has 0 aliphatic carbocycles. The van der Waals surface area contributed by atoms with Crippen molar-refractivity contribution in [3.63, 3.8) is 0 Å². The lowest BCUT2D eigenvalue weighted by Crippen LogP contribution is -2.18. The number of ether oxygens (including phenoxy) is 1. The summed E-state index contributed by atoms with van der Waals surface area (Å²) in [6, 6.07) is 6.13. The summed E-state index contributed by atoms with van der Waals surface area (Å²) in [5.74, 6) is 3.03. The number of benzene rings is 1. The van der Waals surface area contributed by atoms with Crippen LogP contribution in [-0.2, 0) is 0 Å². The van der Waals surface area contributed by atoms with Crippen LogP contribution in [0.1, 0.15) is 13.8 Å². The summed E-state index contributed by atoms with van der Waals surface area (Å²) in [6.07, 6.45) is 0. The van der Waals surface area contributed by atoms with E-state index < -0.39 is 0 Å². The van der Waals surface area contributed by atoms with Crippen molar-refractivity contribution in [2.45, 2.75) is 19.9 Å². The third-order valence-electron chi connectivity index (χ3n) is 2.15. The molecule has 0 saturated heterocycles. The number of anilines is 2. The number of nitrogens with two attached hydrogens (primary N) is 1. The first-order valence-electron chi connectivity index (χ1n) is 5.44. The van der Waals surface area contributed by atoms with Crippen LogP contribution in [0.15, 0.2) is 18.2 Å². The number of thioether (sulfide) groups is 1. The summed E-state index contributed by atoms with van der Waals surface area (Å²) in [5, 5.41) is 3.41. The Hall–Kier alpha value is -1.03. The molecule has 1 aromatic rings. The normalized spacial score (nSPS) is 12.2. The van der Waals surface area contributed by atoms with Crippen LogP contribution in [-0.4, -0.2) is 24.7 Å². The highest BCUT2D eigenvalue weighted by molar-refractivity contribution is 7.99. The monoisotopic (exact) mass is 240 g/mol. The molecule has 3 N–H and O–H groups in total. The molecule has 0 radical (unpaired) electrons. The van der Waals surface area contributed by atoms with E-state index in [1.165, 1.54) is 0 Å². The third kappa shape index (κ3) is 4.23. The summed E-state index contributed by atoms with van der Waals surface area (Å²) in [6.45, 7) is 4.33. The molecule has 90 valence electrons. The molecule has 0 aliphatic heterocycles. The predicted octanol–water partition coefficient (Wildman–Crippen LogP) is 2.83. The summed E-state index contributed by atoms with van der Waals surface area (Å²) >= 11 is 1.92. The first-order valence-corrected chi connectivity index (χ1v) is 6.60. The highest BCUT2D eigenvalue weighted by Gasteiger charge is 2.04. The third-order valence-corrected chi connectivity index (χ3v) is 3.29. The van der Waals surface area contributed by atoms with E-state index in [4.69, 9.17) is 10.5 Å². The fourth-order valence-corrected chi connectivity index (χ4v) is 2.12. The second kappa shape index (κ2) is 6.53. The minimum atomic E-state index is 0.427. The van der Waals surface area contributed by atoms with Crippen LogP contribution in [0, 0.1) is 0 Å². The van der Waals surface area contributed by atoms with E-state index in [-0.39, 0.29) is 0 Å². The van der Waals surface area contributed by atoms with Crippen LogP contribution in [0.3, 0.4) is 0 Å². The molecule has 1 atom stereocenters. The molecule has 0 saturated carbocycles. The van der Waals surface area contributed by atoms with Crippen LogP contribution >= 0.6 is 11.8 Å². The Morgan fingerprint density at radius 1 is 1.44 bits per heavy atom. The molecule has 0 aromatic heterocycles. The Morgan fingerprint density at radius 2 is 2.19 bits per heavy atom. The standard InChI is InChI=1S/C12H20N2OS/c1-4-16-8-9(2)14-11-5-10(13)6-12(7-11)15-3/h5-7,9,14H,4,8,13H2,1-3H3. The average molecular weight is 240 g/mol. The van der Waals surface area contributed by atoms with Gasteiger partial charge >= 0.3 is 0 Å². The molecule has 1 rings (SSSR count). The van der Waals surface area contributed by atoms with Gasteiger partial charge in [-0.05, 0) is 18.7 Å².